The van der Waals surface area contributed by atoms with E-state index >= 15 is 0 Å². The Labute approximate surface area is 167 Å². The lowest BCUT2D eigenvalue weighted by Crippen LogP contribution is -2.21. The van der Waals surface area contributed by atoms with Gasteiger partial charge in [-0.15, -0.1) is 0 Å². The van der Waals surface area contributed by atoms with Crippen LogP contribution >= 0.6 is 0 Å². The quantitative estimate of drug-likeness (QED) is 0.376. The first-order chi connectivity index (χ1) is 14.2. The minimum absolute atomic E-state index is 0.106. The van der Waals surface area contributed by atoms with Gasteiger partial charge in [0.25, 0.3) is 0 Å². The lowest BCUT2D eigenvalue weighted by molar-refractivity contribution is -0.160. The second-order valence-corrected chi connectivity index (χ2v) is 6.34. The molecule has 0 aliphatic rings. The lowest BCUT2D eigenvalue weighted by atomic mass is 10.2. The lowest BCUT2D eigenvalue weighted by Gasteiger charge is -2.09. The summed E-state index contributed by atoms with van der Waals surface area (Å²) < 4.78 is 8.30. The van der Waals surface area contributed by atoms with E-state index < -0.39 is 11.9 Å². The molecule has 2 aromatic carbocycles. The Balaban J connectivity index is 1.40. The summed E-state index contributed by atoms with van der Waals surface area (Å²) in [6, 6.07) is 19.0. The topological polar surface area (TPSA) is 79.0 Å². The number of benzene rings is 2. The Morgan fingerprint density at radius 2 is 1.10 bits per heavy atom. The monoisotopic (exact) mass is 386 g/mol. The Kier molecular flexibility index (Phi) is 5.29. The van der Waals surface area contributed by atoms with Gasteiger partial charge in [0.05, 0.1) is 0 Å². The van der Waals surface area contributed by atoms with Gasteiger partial charge in [0.1, 0.15) is 24.7 Å². The number of hydrogen-bond donors (Lipinski definition) is 0. The van der Waals surface area contributed by atoms with Crippen LogP contribution in [0.2, 0.25) is 0 Å². The van der Waals surface area contributed by atoms with Crippen molar-refractivity contribution in [3.8, 4) is 22.8 Å². The highest BCUT2D eigenvalue weighted by Crippen LogP contribution is 2.18. The summed E-state index contributed by atoms with van der Waals surface area (Å²) in [4.78, 5) is 33.1. The van der Waals surface area contributed by atoms with Gasteiger partial charge in [0, 0.05) is 35.9 Å². The summed E-state index contributed by atoms with van der Waals surface area (Å²) in [5.41, 5.74) is 1.75. The third kappa shape index (κ3) is 4.30. The van der Waals surface area contributed by atoms with E-state index in [0.29, 0.717) is 11.6 Å². The number of rotatable bonds is 6. The van der Waals surface area contributed by atoms with Gasteiger partial charge in [-0.05, 0) is 0 Å². The molecule has 0 amide bonds. The summed E-state index contributed by atoms with van der Waals surface area (Å²) in [5, 5.41) is 0. The average Bonchev–Trinajstić information content (AvgIpc) is 3.38. The molecule has 0 unspecified atom stereocenters. The number of carbonyl (C=O) groups is 2. The zero-order chi connectivity index (χ0) is 20.1. The van der Waals surface area contributed by atoms with Gasteiger partial charge in [-0.1, -0.05) is 60.7 Å². The first-order valence-electron chi connectivity index (χ1n) is 9.07. The predicted molar refractivity (Wildman–Crippen MR) is 106 cm³/mol. The van der Waals surface area contributed by atoms with Gasteiger partial charge in [0.2, 0.25) is 0 Å². The van der Waals surface area contributed by atoms with Crippen molar-refractivity contribution in [2.24, 2.45) is 0 Å². The molecule has 4 aromatic rings. The summed E-state index contributed by atoms with van der Waals surface area (Å²) >= 11 is 0. The van der Waals surface area contributed by atoms with Gasteiger partial charge in [-0.2, -0.15) is 0 Å². The maximum Gasteiger partial charge on any atom is 0.333 e. The molecule has 0 radical (unpaired) electrons. The van der Waals surface area contributed by atoms with E-state index in [-0.39, 0.29) is 13.1 Å². The maximum absolute atomic E-state index is 12.3. The van der Waals surface area contributed by atoms with E-state index in [1.54, 1.807) is 33.9 Å². The number of carbonyl (C=O) groups excluding carboxylic acids is 2. The van der Waals surface area contributed by atoms with Crippen molar-refractivity contribution < 1.29 is 14.3 Å². The van der Waals surface area contributed by atoms with Crippen LogP contribution in [0.25, 0.3) is 22.8 Å². The van der Waals surface area contributed by atoms with E-state index in [4.69, 9.17) is 4.74 Å². The highest BCUT2D eigenvalue weighted by Gasteiger charge is 2.16. The molecule has 0 atom stereocenters. The van der Waals surface area contributed by atoms with E-state index in [0.717, 1.165) is 11.1 Å². The normalized spacial score (nSPS) is 10.6. The molecule has 0 aliphatic carbocycles. The minimum Gasteiger partial charge on any atom is -0.390 e. The summed E-state index contributed by atoms with van der Waals surface area (Å²) in [6.07, 6.45) is 6.57. The molecular formula is C22H18N4O3. The van der Waals surface area contributed by atoms with Gasteiger partial charge >= 0.3 is 11.9 Å². The van der Waals surface area contributed by atoms with E-state index in [2.05, 4.69) is 9.97 Å². The third-order valence-electron chi connectivity index (χ3n) is 4.32. The van der Waals surface area contributed by atoms with Crippen LogP contribution in [0.15, 0.2) is 85.5 Å². The summed E-state index contributed by atoms with van der Waals surface area (Å²) in [7, 11) is 0. The second-order valence-electron chi connectivity index (χ2n) is 6.34. The minimum atomic E-state index is -0.647. The number of hydrogen-bond acceptors (Lipinski definition) is 5. The van der Waals surface area contributed by atoms with Crippen molar-refractivity contribution in [2.45, 2.75) is 13.1 Å². The predicted octanol–water partition coefficient (Wildman–Crippen LogP) is 3.18. The van der Waals surface area contributed by atoms with Gasteiger partial charge < -0.3 is 13.9 Å². The number of nitrogens with zero attached hydrogens (tertiary/aromatic N) is 4. The van der Waals surface area contributed by atoms with E-state index in [9.17, 15) is 9.59 Å². The van der Waals surface area contributed by atoms with Crippen LogP contribution < -0.4 is 0 Å². The summed E-state index contributed by atoms with van der Waals surface area (Å²) in [5.74, 6) is -0.0231. The second kappa shape index (κ2) is 8.35. The van der Waals surface area contributed by atoms with Gasteiger partial charge in [-0.3, -0.25) is 0 Å². The molecule has 2 heterocycles. The van der Waals surface area contributed by atoms with Crippen LogP contribution in [0.3, 0.4) is 0 Å². The SMILES string of the molecule is O=C(Cn1ccnc1-c1ccccc1)OC(=O)Cn1ccnc1-c1ccccc1. The zero-order valence-electron chi connectivity index (χ0n) is 15.5. The number of aromatic nitrogens is 4. The van der Waals surface area contributed by atoms with Crippen LogP contribution in [-0.2, 0) is 27.4 Å². The molecule has 0 N–H and O–H groups in total. The van der Waals surface area contributed by atoms with Crippen LogP contribution in [-0.4, -0.2) is 31.0 Å². The summed E-state index contributed by atoms with van der Waals surface area (Å²) in [6.45, 7) is -0.211. The fourth-order valence-electron chi connectivity index (χ4n) is 3.04. The average molecular weight is 386 g/mol. The third-order valence-corrected chi connectivity index (χ3v) is 4.32. The molecule has 7 nitrogen and oxygen atoms in total. The largest absolute Gasteiger partial charge is 0.390 e. The van der Waals surface area contributed by atoms with E-state index in [1.807, 2.05) is 60.7 Å². The molecule has 0 aliphatic heterocycles. The maximum atomic E-state index is 12.3. The first-order valence-corrected chi connectivity index (χ1v) is 9.07. The van der Waals surface area contributed by atoms with Crippen molar-refractivity contribution in [1.29, 1.82) is 0 Å². The molecule has 0 spiro atoms. The van der Waals surface area contributed by atoms with Crippen LogP contribution in [0.4, 0.5) is 0 Å². The number of imidazole rings is 2. The molecule has 0 saturated carbocycles. The van der Waals surface area contributed by atoms with Crippen molar-refractivity contribution in [3.05, 3.63) is 85.5 Å². The zero-order valence-corrected chi connectivity index (χ0v) is 15.5. The molecule has 2 aromatic heterocycles. The van der Waals surface area contributed by atoms with Gasteiger partial charge in [-0.25, -0.2) is 19.6 Å². The van der Waals surface area contributed by atoms with Crippen molar-refractivity contribution in [1.82, 2.24) is 19.1 Å². The first kappa shape index (κ1) is 18.4. The van der Waals surface area contributed by atoms with Crippen molar-refractivity contribution >= 4 is 11.9 Å². The Morgan fingerprint density at radius 3 is 1.52 bits per heavy atom. The molecule has 144 valence electrons. The standard InChI is InChI=1S/C22H18N4O3/c27-19(15-25-13-11-23-21(25)17-7-3-1-4-8-17)29-20(28)16-26-14-12-24-22(26)18-9-5-2-6-10-18/h1-14H,15-16H2. The van der Waals surface area contributed by atoms with Crippen LogP contribution in [0.1, 0.15) is 0 Å². The molecule has 4 rings (SSSR count). The van der Waals surface area contributed by atoms with Crippen molar-refractivity contribution in [2.75, 3.05) is 0 Å². The molecular weight excluding hydrogens is 368 g/mol. The fourth-order valence-corrected chi connectivity index (χ4v) is 3.04. The van der Waals surface area contributed by atoms with E-state index in [1.165, 1.54) is 0 Å². The molecule has 0 fully saturated rings. The smallest absolute Gasteiger partial charge is 0.333 e. The highest BCUT2D eigenvalue weighted by molar-refractivity contribution is 5.85. The number of esters is 2. The van der Waals surface area contributed by atoms with Crippen LogP contribution in [0, 0.1) is 0 Å². The molecule has 0 bridgehead atoms. The number of ether oxygens (including phenoxy) is 1. The Morgan fingerprint density at radius 1 is 0.690 bits per heavy atom. The Bertz CT molecular complexity index is 1030. The Hall–Kier alpha value is -4.00. The fraction of sp³-hybridized carbons (Fsp3) is 0.0909. The molecule has 7 heteroatoms. The van der Waals surface area contributed by atoms with Crippen LogP contribution in [0.5, 0.6) is 0 Å². The molecule has 29 heavy (non-hydrogen) atoms. The van der Waals surface area contributed by atoms with Crippen molar-refractivity contribution in [3.63, 3.8) is 0 Å². The van der Waals surface area contributed by atoms with Gasteiger partial charge in [0.15, 0.2) is 0 Å². The molecule has 0 saturated heterocycles. The highest BCUT2D eigenvalue weighted by atomic mass is 16.6.